The molecule has 4 rings (SSSR count). The zero-order valence-electron chi connectivity index (χ0n) is 14.4. The summed E-state index contributed by atoms with van der Waals surface area (Å²) in [4.78, 5) is 17.7. The second kappa shape index (κ2) is 7.60. The van der Waals surface area contributed by atoms with E-state index in [0.717, 1.165) is 56.3 Å². The van der Waals surface area contributed by atoms with Gasteiger partial charge in [0.1, 0.15) is 0 Å². The van der Waals surface area contributed by atoms with Gasteiger partial charge in [-0.2, -0.15) is 0 Å². The molecule has 136 valence electrons. The van der Waals surface area contributed by atoms with E-state index in [4.69, 9.17) is 11.6 Å². The Bertz CT molecular complexity index is 604. The lowest BCUT2D eigenvalue weighted by atomic mass is 9.94. The third kappa shape index (κ3) is 3.68. The molecule has 1 amide bonds. The van der Waals surface area contributed by atoms with Crippen LogP contribution >= 0.6 is 11.6 Å². The van der Waals surface area contributed by atoms with Crippen molar-refractivity contribution in [3.05, 3.63) is 34.9 Å². The number of likely N-dealkylation sites (tertiary alicyclic amines) is 1. The molecule has 1 aromatic carbocycles. The van der Waals surface area contributed by atoms with Gasteiger partial charge in [-0.25, -0.2) is 5.43 Å². The van der Waals surface area contributed by atoms with Crippen LogP contribution in [0.1, 0.15) is 18.0 Å². The van der Waals surface area contributed by atoms with Gasteiger partial charge in [0.05, 0.1) is 12.0 Å². The fourth-order valence-electron chi connectivity index (χ4n) is 4.23. The van der Waals surface area contributed by atoms with Gasteiger partial charge < -0.3 is 10.2 Å². The Labute approximate surface area is 153 Å². The molecule has 0 spiro atoms. The van der Waals surface area contributed by atoms with Crippen molar-refractivity contribution in [2.75, 3.05) is 45.8 Å². The molecule has 6 nitrogen and oxygen atoms in total. The average molecular weight is 364 g/mol. The summed E-state index contributed by atoms with van der Waals surface area (Å²) in [5, 5.41) is 4.12. The van der Waals surface area contributed by atoms with Crippen LogP contribution < -0.4 is 16.2 Å². The van der Waals surface area contributed by atoms with Crippen LogP contribution in [-0.2, 0) is 4.79 Å². The molecule has 3 saturated heterocycles. The van der Waals surface area contributed by atoms with Gasteiger partial charge in [0.2, 0.25) is 5.91 Å². The molecule has 3 heterocycles. The minimum Gasteiger partial charge on any atom is -0.341 e. The highest BCUT2D eigenvalue weighted by molar-refractivity contribution is 6.30. The topological polar surface area (TPSA) is 59.6 Å². The minimum absolute atomic E-state index is 0.00278. The fraction of sp³-hybridized carbons (Fsp3) is 0.611. The number of piperazine rings is 1. The van der Waals surface area contributed by atoms with Crippen LogP contribution in [-0.4, -0.2) is 67.6 Å². The van der Waals surface area contributed by atoms with E-state index >= 15 is 0 Å². The smallest absolute Gasteiger partial charge is 0.229 e. The Kier molecular flexibility index (Phi) is 5.24. The number of benzene rings is 1. The Balaban J connectivity index is 1.40. The van der Waals surface area contributed by atoms with Crippen molar-refractivity contribution in [1.82, 2.24) is 26.0 Å². The summed E-state index contributed by atoms with van der Waals surface area (Å²) in [6.07, 6.45) is 1.09. The van der Waals surface area contributed by atoms with Gasteiger partial charge in [0.15, 0.2) is 0 Å². The van der Waals surface area contributed by atoms with Crippen LogP contribution in [0.15, 0.2) is 24.3 Å². The van der Waals surface area contributed by atoms with E-state index in [1.54, 1.807) is 0 Å². The number of halogens is 1. The van der Waals surface area contributed by atoms with E-state index in [-0.39, 0.29) is 17.9 Å². The Morgan fingerprint density at radius 3 is 2.64 bits per heavy atom. The standard InChI is InChI=1S/C18H26ClN5O/c19-14-3-1-13(2-4-14)17-16(11-21-22-17)18(25)24-8-5-15(12-24)23-9-6-20-7-10-23/h1-4,15-17,20-22H,5-12H2. The van der Waals surface area contributed by atoms with Gasteiger partial charge in [-0.1, -0.05) is 23.7 Å². The van der Waals surface area contributed by atoms with Gasteiger partial charge in [-0.3, -0.25) is 15.1 Å². The molecule has 3 aliphatic heterocycles. The fourth-order valence-corrected chi connectivity index (χ4v) is 4.36. The Hall–Kier alpha value is -1.18. The van der Waals surface area contributed by atoms with Crippen molar-refractivity contribution in [2.24, 2.45) is 5.92 Å². The molecule has 3 unspecified atom stereocenters. The van der Waals surface area contributed by atoms with E-state index in [0.29, 0.717) is 12.6 Å². The quantitative estimate of drug-likeness (QED) is 0.734. The summed E-state index contributed by atoms with van der Waals surface area (Å²) >= 11 is 5.99. The van der Waals surface area contributed by atoms with E-state index in [9.17, 15) is 4.79 Å². The molecule has 3 fully saturated rings. The molecule has 7 heteroatoms. The van der Waals surface area contributed by atoms with Crippen molar-refractivity contribution < 1.29 is 4.79 Å². The number of rotatable bonds is 3. The van der Waals surface area contributed by atoms with Gasteiger partial charge in [0.25, 0.3) is 0 Å². The monoisotopic (exact) mass is 363 g/mol. The highest BCUT2D eigenvalue weighted by Crippen LogP contribution is 2.29. The molecule has 0 radical (unpaired) electrons. The molecular formula is C18H26ClN5O. The van der Waals surface area contributed by atoms with E-state index in [2.05, 4.69) is 26.0 Å². The highest BCUT2D eigenvalue weighted by atomic mass is 35.5. The maximum atomic E-state index is 13.1. The first kappa shape index (κ1) is 17.2. The lowest BCUT2D eigenvalue weighted by Gasteiger charge is -2.33. The predicted octanol–water partition coefficient (Wildman–Crippen LogP) is 0.611. The molecular weight excluding hydrogens is 338 g/mol. The Morgan fingerprint density at radius 1 is 1.12 bits per heavy atom. The molecule has 0 aromatic heterocycles. The van der Waals surface area contributed by atoms with Crippen molar-refractivity contribution >= 4 is 17.5 Å². The first-order valence-electron chi connectivity index (χ1n) is 9.20. The predicted molar refractivity (Wildman–Crippen MR) is 98.2 cm³/mol. The van der Waals surface area contributed by atoms with Crippen molar-refractivity contribution in [1.29, 1.82) is 0 Å². The number of nitrogens with one attached hydrogen (secondary N) is 3. The third-order valence-corrected chi connectivity index (χ3v) is 5.92. The first-order valence-corrected chi connectivity index (χ1v) is 9.57. The summed E-state index contributed by atoms with van der Waals surface area (Å²) in [5.41, 5.74) is 7.53. The van der Waals surface area contributed by atoms with Crippen LogP contribution in [0.5, 0.6) is 0 Å². The molecule has 1 aromatic rings. The lowest BCUT2D eigenvalue weighted by Crippen LogP contribution is -2.49. The lowest BCUT2D eigenvalue weighted by molar-refractivity contribution is -0.134. The molecule has 25 heavy (non-hydrogen) atoms. The summed E-state index contributed by atoms with van der Waals surface area (Å²) in [6, 6.07) is 8.29. The number of hydrazine groups is 1. The largest absolute Gasteiger partial charge is 0.341 e. The van der Waals surface area contributed by atoms with Crippen LogP contribution in [0.25, 0.3) is 0 Å². The second-order valence-electron chi connectivity index (χ2n) is 7.17. The van der Waals surface area contributed by atoms with Crippen molar-refractivity contribution in [3.63, 3.8) is 0 Å². The van der Waals surface area contributed by atoms with Crippen molar-refractivity contribution in [3.8, 4) is 0 Å². The maximum Gasteiger partial charge on any atom is 0.229 e. The SMILES string of the molecule is O=C(C1CNNC1c1ccc(Cl)cc1)N1CCC(N2CCNCC2)C1. The second-order valence-corrected chi connectivity index (χ2v) is 7.61. The first-order chi connectivity index (χ1) is 12.2. The number of carbonyl (C=O) groups is 1. The van der Waals surface area contributed by atoms with Crippen LogP contribution in [0.3, 0.4) is 0 Å². The van der Waals surface area contributed by atoms with Crippen LogP contribution in [0.2, 0.25) is 5.02 Å². The summed E-state index contributed by atoms with van der Waals surface area (Å²) in [6.45, 7) is 6.69. The molecule has 0 saturated carbocycles. The van der Waals surface area contributed by atoms with Crippen LogP contribution in [0, 0.1) is 5.92 Å². The zero-order chi connectivity index (χ0) is 17.2. The molecule has 0 aliphatic carbocycles. The van der Waals surface area contributed by atoms with Gasteiger partial charge in [-0.15, -0.1) is 0 Å². The number of nitrogens with zero attached hydrogens (tertiary/aromatic N) is 2. The van der Waals surface area contributed by atoms with E-state index in [1.165, 1.54) is 0 Å². The summed E-state index contributed by atoms with van der Waals surface area (Å²) in [7, 11) is 0. The molecule has 3 N–H and O–H groups in total. The van der Waals surface area contributed by atoms with Gasteiger partial charge in [0, 0.05) is 56.9 Å². The van der Waals surface area contributed by atoms with Gasteiger partial charge >= 0.3 is 0 Å². The normalized spacial score (nSPS) is 30.8. The maximum absolute atomic E-state index is 13.1. The third-order valence-electron chi connectivity index (χ3n) is 5.67. The number of hydrogen-bond donors (Lipinski definition) is 3. The highest BCUT2D eigenvalue weighted by Gasteiger charge is 2.39. The van der Waals surface area contributed by atoms with E-state index < -0.39 is 0 Å². The average Bonchev–Trinajstić information content (AvgIpc) is 3.32. The van der Waals surface area contributed by atoms with Crippen LogP contribution in [0.4, 0.5) is 0 Å². The molecule has 0 bridgehead atoms. The minimum atomic E-state index is -0.0667. The number of carbonyl (C=O) groups excluding carboxylic acids is 1. The Morgan fingerprint density at radius 2 is 1.88 bits per heavy atom. The van der Waals surface area contributed by atoms with Gasteiger partial charge in [-0.05, 0) is 24.1 Å². The molecule has 3 aliphatic rings. The summed E-state index contributed by atoms with van der Waals surface area (Å²) < 4.78 is 0. The van der Waals surface area contributed by atoms with Crippen molar-refractivity contribution in [2.45, 2.75) is 18.5 Å². The molecule has 3 atom stereocenters. The number of amides is 1. The summed E-state index contributed by atoms with van der Waals surface area (Å²) in [5.74, 6) is 0.193. The van der Waals surface area contributed by atoms with E-state index in [1.807, 2.05) is 24.3 Å². The number of hydrogen-bond acceptors (Lipinski definition) is 5. The zero-order valence-corrected chi connectivity index (χ0v) is 15.1.